The van der Waals surface area contributed by atoms with Gasteiger partial charge in [0.15, 0.2) is 0 Å². The van der Waals surface area contributed by atoms with E-state index in [-0.39, 0.29) is 18.8 Å². The largest absolute Gasteiger partial charge is 0.407 e. The number of hydrogen-bond donors (Lipinski definition) is 4. The third-order valence-electron chi connectivity index (χ3n) is 2.25. The number of ether oxygens (including phenoxy) is 1. The Morgan fingerprint density at radius 3 is 2.45 bits per heavy atom. The molecule has 0 radical (unpaired) electrons. The van der Waals surface area contributed by atoms with Gasteiger partial charge in [0, 0.05) is 5.56 Å². The molecule has 1 atom stereocenters. The Hall–Kier alpha value is -1.22. The zero-order valence-electron chi connectivity index (χ0n) is 11.5. The summed E-state index contributed by atoms with van der Waals surface area (Å²) in [5.74, 6) is -1.17. The lowest BCUT2D eigenvalue weighted by Gasteiger charge is -2.13. The normalized spacial score (nSPS) is 14.5. The van der Waals surface area contributed by atoms with Crippen molar-refractivity contribution < 1.29 is 33.4 Å². The predicted molar refractivity (Wildman–Crippen MR) is 75.1 cm³/mol. The molecule has 0 bridgehead atoms. The Morgan fingerprint density at radius 1 is 1.23 bits per heavy atom. The van der Waals surface area contributed by atoms with Crippen molar-refractivity contribution in [1.29, 1.82) is 0 Å². The van der Waals surface area contributed by atoms with E-state index in [4.69, 9.17) is 19.4 Å². The molecule has 1 aromatic rings. The molecule has 22 heavy (non-hydrogen) atoms. The molecule has 1 rings (SSSR count). The van der Waals surface area contributed by atoms with Crippen molar-refractivity contribution in [2.45, 2.75) is 6.92 Å². The highest BCUT2D eigenvalue weighted by atomic mass is 31.2. The molecule has 1 heterocycles. The average molecular weight is 358 g/mol. The molecule has 0 aliphatic heterocycles. The SMILES string of the molecule is Cc1cn(OCCOCP(=O)(O)CP(=O)(O)O)c(=O)[nH]c1=O. The fourth-order valence-electron chi connectivity index (χ4n) is 1.37. The summed E-state index contributed by atoms with van der Waals surface area (Å²) in [6.07, 6.45) is 0.424. The van der Waals surface area contributed by atoms with Crippen LogP contribution in [0.4, 0.5) is 0 Å². The first-order valence-electron chi connectivity index (χ1n) is 5.89. The number of aryl methyl sites for hydroxylation is 1. The van der Waals surface area contributed by atoms with Crippen LogP contribution in [0.2, 0.25) is 0 Å². The highest BCUT2D eigenvalue weighted by Gasteiger charge is 2.29. The van der Waals surface area contributed by atoms with Gasteiger partial charge >= 0.3 is 13.3 Å². The molecule has 126 valence electrons. The smallest absolute Gasteiger partial charge is 0.361 e. The fourth-order valence-corrected chi connectivity index (χ4v) is 4.41. The minimum absolute atomic E-state index is 0.179. The van der Waals surface area contributed by atoms with Gasteiger partial charge < -0.3 is 24.3 Å². The number of hydrogen-bond acceptors (Lipinski definition) is 6. The lowest BCUT2D eigenvalue weighted by molar-refractivity contribution is 0.0434. The van der Waals surface area contributed by atoms with Gasteiger partial charge in [-0.2, -0.15) is 0 Å². The maximum absolute atomic E-state index is 11.4. The number of aromatic amines is 1. The number of rotatable bonds is 8. The van der Waals surface area contributed by atoms with Gasteiger partial charge in [-0.3, -0.25) is 18.9 Å². The molecule has 0 fully saturated rings. The molecule has 0 aliphatic rings. The van der Waals surface area contributed by atoms with Gasteiger partial charge in [0.1, 0.15) is 18.9 Å². The quantitative estimate of drug-likeness (QED) is 0.324. The summed E-state index contributed by atoms with van der Waals surface area (Å²) in [6, 6.07) is 0. The Balaban J connectivity index is 2.42. The van der Waals surface area contributed by atoms with E-state index < -0.39 is 38.5 Å². The monoisotopic (exact) mass is 358 g/mol. The van der Waals surface area contributed by atoms with Gasteiger partial charge in [-0.1, -0.05) is 0 Å². The molecule has 0 saturated heterocycles. The van der Waals surface area contributed by atoms with Crippen LogP contribution in [0, 0.1) is 6.92 Å². The Morgan fingerprint density at radius 2 is 1.86 bits per heavy atom. The van der Waals surface area contributed by atoms with Crippen LogP contribution in [0.25, 0.3) is 0 Å². The maximum Gasteiger partial charge on any atom is 0.361 e. The van der Waals surface area contributed by atoms with Crippen molar-refractivity contribution >= 4 is 15.0 Å². The van der Waals surface area contributed by atoms with E-state index in [0.717, 1.165) is 4.73 Å². The van der Waals surface area contributed by atoms with Gasteiger partial charge in [-0.15, -0.1) is 4.73 Å². The van der Waals surface area contributed by atoms with Crippen molar-refractivity contribution in [2.75, 3.05) is 25.5 Å². The van der Waals surface area contributed by atoms with Gasteiger partial charge in [-0.05, 0) is 6.92 Å². The lowest BCUT2D eigenvalue weighted by Crippen LogP contribution is -2.35. The van der Waals surface area contributed by atoms with E-state index in [2.05, 4.69) is 0 Å². The van der Waals surface area contributed by atoms with Crippen LogP contribution in [0.3, 0.4) is 0 Å². The molecule has 11 nitrogen and oxygen atoms in total. The Bertz CT molecular complexity index is 719. The van der Waals surface area contributed by atoms with Crippen LogP contribution >= 0.6 is 15.0 Å². The van der Waals surface area contributed by atoms with E-state index in [1.807, 2.05) is 4.98 Å². The van der Waals surface area contributed by atoms with Crippen molar-refractivity contribution in [3.05, 3.63) is 32.6 Å². The van der Waals surface area contributed by atoms with Crippen LogP contribution in [0.5, 0.6) is 0 Å². The predicted octanol–water partition coefficient (Wildman–Crippen LogP) is -1.35. The molecule has 4 N–H and O–H groups in total. The van der Waals surface area contributed by atoms with Gasteiger partial charge in [-0.25, -0.2) is 4.79 Å². The minimum atomic E-state index is -4.61. The van der Waals surface area contributed by atoms with Crippen molar-refractivity contribution in [3.8, 4) is 0 Å². The van der Waals surface area contributed by atoms with E-state index in [1.165, 1.54) is 13.1 Å². The fraction of sp³-hybridized carbons (Fsp3) is 0.556. The summed E-state index contributed by atoms with van der Waals surface area (Å²) in [4.78, 5) is 56.0. The van der Waals surface area contributed by atoms with Crippen LogP contribution in [0.1, 0.15) is 5.56 Å². The van der Waals surface area contributed by atoms with E-state index >= 15 is 0 Å². The average Bonchev–Trinajstić information content (AvgIpc) is 2.31. The first kappa shape index (κ1) is 18.8. The minimum Gasteiger partial charge on any atom is -0.407 e. The lowest BCUT2D eigenvalue weighted by atomic mass is 10.4. The first-order valence-corrected chi connectivity index (χ1v) is 9.72. The van der Waals surface area contributed by atoms with Crippen LogP contribution < -0.4 is 16.1 Å². The van der Waals surface area contributed by atoms with Crippen molar-refractivity contribution in [2.24, 2.45) is 0 Å². The maximum atomic E-state index is 11.4. The summed E-state index contributed by atoms with van der Waals surface area (Å²) >= 11 is 0. The molecule has 0 aliphatic carbocycles. The standard InChI is InChI=1S/C9H16N2O9P2/c1-7-4-11(9(13)10-8(7)12)20-3-2-19-5-21(14,15)6-22(16,17)18/h4H,2-3,5-6H2,1H3,(H,14,15)(H,10,12,13)(H2,16,17,18). The van der Waals surface area contributed by atoms with E-state index in [9.17, 15) is 23.6 Å². The Labute approximate surface area is 124 Å². The van der Waals surface area contributed by atoms with E-state index in [1.54, 1.807) is 0 Å². The zero-order valence-corrected chi connectivity index (χ0v) is 13.3. The molecular formula is C9H16N2O9P2. The third kappa shape index (κ3) is 6.69. The summed E-state index contributed by atoms with van der Waals surface area (Å²) < 4.78 is 27.6. The number of H-pyrrole nitrogens is 1. The third-order valence-corrected chi connectivity index (χ3v) is 6.07. The molecule has 0 amide bonds. The highest BCUT2D eigenvalue weighted by Crippen LogP contribution is 2.54. The highest BCUT2D eigenvalue weighted by molar-refractivity contribution is 7.72. The topological polar surface area (TPSA) is 168 Å². The second-order valence-corrected chi connectivity index (χ2v) is 8.83. The molecular weight excluding hydrogens is 342 g/mol. The van der Waals surface area contributed by atoms with Gasteiger partial charge in [0.2, 0.25) is 7.37 Å². The van der Waals surface area contributed by atoms with Gasteiger partial charge in [0.05, 0.1) is 12.8 Å². The molecule has 1 aromatic heterocycles. The molecule has 0 aromatic carbocycles. The summed E-state index contributed by atoms with van der Waals surface area (Å²) in [5, 5.41) is 0. The van der Waals surface area contributed by atoms with Crippen molar-refractivity contribution in [1.82, 2.24) is 9.71 Å². The summed E-state index contributed by atoms with van der Waals surface area (Å²) in [5.41, 5.74) is -1.08. The van der Waals surface area contributed by atoms with Crippen molar-refractivity contribution in [3.63, 3.8) is 0 Å². The van der Waals surface area contributed by atoms with Crippen LogP contribution in [-0.4, -0.2) is 49.9 Å². The number of aromatic nitrogens is 2. The number of nitrogens with one attached hydrogen (secondary N) is 1. The number of nitrogens with zero attached hydrogens (tertiary/aromatic N) is 1. The van der Waals surface area contributed by atoms with Crippen LogP contribution in [-0.2, 0) is 13.9 Å². The molecule has 1 unspecified atom stereocenters. The molecule has 0 saturated carbocycles. The summed E-state index contributed by atoms with van der Waals surface area (Å²) in [6.45, 7) is 1.09. The first-order chi connectivity index (χ1) is 10.0. The van der Waals surface area contributed by atoms with E-state index in [0.29, 0.717) is 0 Å². The Kier molecular flexibility index (Phi) is 6.30. The second kappa shape index (κ2) is 7.36. The summed E-state index contributed by atoms with van der Waals surface area (Å²) in [7, 11) is -8.72. The molecule has 13 heteroatoms. The molecule has 0 spiro atoms. The second-order valence-electron chi connectivity index (χ2n) is 4.42. The van der Waals surface area contributed by atoms with Gasteiger partial charge in [0.25, 0.3) is 5.56 Å². The zero-order chi connectivity index (χ0) is 17.0. The van der Waals surface area contributed by atoms with Crippen LogP contribution in [0.15, 0.2) is 15.8 Å².